The lowest BCUT2D eigenvalue weighted by Crippen LogP contribution is -2.26. The predicted molar refractivity (Wildman–Crippen MR) is 130 cm³/mol. The molecule has 200 valence electrons. The molecule has 0 aliphatic heterocycles. The van der Waals surface area contributed by atoms with Gasteiger partial charge in [0.15, 0.2) is 0 Å². The van der Waals surface area contributed by atoms with Gasteiger partial charge in [-0.05, 0) is 74.5 Å². The Morgan fingerprint density at radius 2 is 1.08 bits per heavy atom. The molecule has 37 heavy (non-hydrogen) atoms. The molecule has 0 bridgehead atoms. The van der Waals surface area contributed by atoms with Crippen molar-refractivity contribution in [3.8, 4) is 11.5 Å². The third-order valence-electron chi connectivity index (χ3n) is 4.49. The molecule has 0 unspecified atom stereocenters. The van der Waals surface area contributed by atoms with E-state index in [2.05, 4.69) is 0 Å². The summed E-state index contributed by atoms with van der Waals surface area (Å²) in [7, 11) is 0. The molecule has 2 rings (SSSR count). The van der Waals surface area contributed by atoms with Crippen LogP contribution < -0.4 is 9.47 Å². The second kappa shape index (κ2) is 16.8. The van der Waals surface area contributed by atoms with Gasteiger partial charge < -0.3 is 28.4 Å². The molecule has 2 aromatic rings. The van der Waals surface area contributed by atoms with Crippen molar-refractivity contribution >= 4 is 11.9 Å². The van der Waals surface area contributed by atoms with E-state index in [0.29, 0.717) is 11.5 Å². The number of esters is 2. The van der Waals surface area contributed by atoms with E-state index >= 15 is 0 Å². The highest BCUT2D eigenvalue weighted by atomic mass is 19.1. The molecule has 0 saturated carbocycles. The lowest BCUT2D eigenvalue weighted by Gasteiger charge is -2.19. The fraction of sp³-hybridized carbons (Fsp3) is 0.333. The maximum atomic E-state index is 13.1. The van der Waals surface area contributed by atoms with Gasteiger partial charge in [0.1, 0.15) is 55.3 Å². The Labute approximate surface area is 214 Å². The fourth-order valence-corrected chi connectivity index (χ4v) is 2.70. The molecule has 0 radical (unpaired) electrons. The minimum atomic E-state index is -0.734. The number of carbonyl (C=O) groups is 2. The highest BCUT2D eigenvalue weighted by Crippen LogP contribution is 2.14. The highest BCUT2D eigenvalue weighted by molar-refractivity contribution is 5.82. The lowest BCUT2D eigenvalue weighted by molar-refractivity contribution is -0.138. The normalized spacial score (nSPS) is 12.9. The molecule has 0 heterocycles. The van der Waals surface area contributed by atoms with Gasteiger partial charge in [0, 0.05) is 12.2 Å². The van der Waals surface area contributed by atoms with Gasteiger partial charge in [0.2, 0.25) is 0 Å². The van der Waals surface area contributed by atoms with Gasteiger partial charge in [-0.25, -0.2) is 18.4 Å². The molecule has 0 aliphatic carbocycles. The summed E-state index contributed by atoms with van der Waals surface area (Å²) in [5.41, 5.74) is 0. The largest absolute Gasteiger partial charge is 0.491 e. The maximum absolute atomic E-state index is 13.1. The van der Waals surface area contributed by atoms with Crippen molar-refractivity contribution in [3.05, 3.63) is 84.5 Å². The third kappa shape index (κ3) is 12.7. The van der Waals surface area contributed by atoms with Crippen LogP contribution in [0.2, 0.25) is 0 Å². The molecule has 10 heteroatoms. The van der Waals surface area contributed by atoms with Crippen molar-refractivity contribution < 1.29 is 46.8 Å². The minimum absolute atomic E-state index is 0.0136. The predicted octanol–water partition coefficient (Wildman–Crippen LogP) is 4.39. The van der Waals surface area contributed by atoms with Crippen LogP contribution in [0.25, 0.3) is 0 Å². The first-order valence-electron chi connectivity index (χ1n) is 11.6. The molecule has 0 aromatic heterocycles. The smallest absolute Gasteiger partial charge is 0.330 e. The van der Waals surface area contributed by atoms with Crippen molar-refractivity contribution in [2.24, 2.45) is 0 Å². The summed E-state index contributed by atoms with van der Waals surface area (Å²) in [5.74, 6) is -1.10. The quantitative estimate of drug-likeness (QED) is 0.183. The van der Waals surface area contributed by atoms with Gasteiger partial charge in [-0.1, -0.05) is 0 Å². The molecule has 2 aromatic carbocycles. The van der Waals surface area contributed by atoms with E-state index in [9.17, 15) is 18.4 Å². The molecule has 0 N–H and O–H groups in total. The van der Waals surface area contributed by atoms with Crippen LogP contribution in [-0.4, -0.2) is 57.4 Å². The topological polar surface area (TPSA) is 89.5 Å². The lowest BCUT2D eigenvalue weighted by atomic mass is 10.3. The Morgan fingerprint density at radius 1 is 0.703 bits per heavy atom. The Balaban J connectivity index is 1.99. The van der Waals surface area contributed by atoms with E-state index in [0.717, 1.165) is 0 Å². The molecule has 0 amide bonds. The molecule has 8 nitrogen and oxygen atoms in total. The summed E-state index contributed by atoms with van der Waals surface area (Å²) < 4.78 is 58.6. The first-order chi connectivity index (χ1) is 17.9. The van der Waals surface area contributed by atoms with Crippen LogP contribution >= 0.6 is 0 Å². The summed E-state index contributed by atoms with van der Waals surface area (Å²) in [6.45, 7) is 3.50. The van der Waals surface area contributed by atoms with Crippen LogP contribution in [0.1, 0.15) is 13.8 Å². The standard InChI is InChI=1S/C27H30F2O8/c1-3-32-26(30)15-13-24(17-34-22-9-5-20(28)6-10-22)36-19-37-25(14-16-27(31)33-4-2)18-35-23-11-7-21(29)8-12-23/h5-16,24-25H,3-4,17-19H2,1-2H3/t24-,25+. The van der Waals surface area contributed by atoms with Crippen molar-refractivity contribution in [2.75, 3.05) is 33.2 Å². The Kier molecular flexibility index (Phi) is 13.4. The van der Waals surface area contributed by atoms with E-state index in [4.69, 9.17) is 28.4 Å². The molecular weight excluding hydrogens is 490 g/mol. The molecule has 0 spiro atoms. The number of halogens is 2. The average molecular weight is 521 g/mol. The summed E-state index contributed by atoms with van der Waals surface area (Å²) in [6, 6.07) is 10.9. The third-order valence-corrected chi connectivity index (χ3v) is 4.49. The van der Waals surface area contributed by atoms with Crippen LogP contribution in [0, 0.1) is 11.6 Å². The van der Waals surface area contributed by atoms with E-state index in [1.807, 2.05) is 0 Å². The second-order valence-corrected chi connectivity index (χ2v) is 7.28. The molecule has 0 aliphatic rings. The van der Waals surface area contributed by atoms with Crippen molar-refractivity contribution in [3.63, 3.8) is 0 Å². The summed E-state index contributed by atoms with van der Waals surface area (Å²) >= 11 is 0. The number of ether oxygens (including phenoxy) is 6. The zero-order valence-electron chi connectivity index (χ0n) is 20.6. The van der Waals surface area contributed by atoms with Crippen LogP contribution in [-0.2, 0) is 28.5 Å². The maximum Gasteiger partial charge on any atom is 0.330 e. The first kappa shape index (κ1) is 29.5. The number of hydrogen-bond donors (Lipinski definition) is 0. The van der Waals surface area contributed by atoms with Crippen LogP contribution in [0.15, 0.2) is 72.8 Å². The second-order valence-electron chi connectivity index (χ2n) is 7.28. The summed E-state index contributed by atoms with van der Waals surface area (Å²) in [5, 5.41) is 0. The van der Waals surface area contributed by atoms with Gasteiger partial charge in [-0.2, -0.15) is 0 Å². The van der Waals surface area contributed by atoms with Gasteiger partial charge in [0.25, 0.3) is 0 Å². The van der Waals surface area contributed by atoms with E-state index in [-0.39, 0.29) is 33.2 Å². The van der Waals surface area contributed by atoms with Gasteiger partial charge in [0.05, 0.1) is 13.2 Å². The van der Waals surface area contributed by atoms with Crippen molar-refractivity contribution in [1.29, 1.82) is 0 Å². The Bertz CT molecular complexity index is 925. The Morgan fingerprint density at radius 3 is 1.43 bits per heavy atom. The Hall–Kier alpha value is -3.76. The van der Waals surface area contributed by atoms with Crippen LogP contribution in [0.3, 0.4) is 0 Å². The summed E-state index contributed by atoms with van der Waals surface area (Å²) in [6.07, 6.45) is 3.84. The molecule has 0 fully saturated rings. The number of hydrogen-bond acceptors (Lipinski definition) is 8. The fourth-order valence-electron chi connectivity index (χ4n) is 2.70. The number of benzene rings is 2. The number of rotatable bonds is 16. The SMILES string of the molecule is CCOC(=O)C=C[C@H](COc1ccc(F)cc1)OCO[C@@H](C=CC(=O)OCC)COc1ccc(F)cc1. The van der Waals surface area contributed by atoms with E-state index in [1.165, 1.54) is 72.8 Å². The van der Waals surface area contributed by atoms with Crippen LogP contribution in [0.5, 0.6) is 11.5 Å². The first-order valence-corrected chi connectivity index (χ1v) is 11.6. The summed E-state index contributed by atoms with van der Waals surface area (Å²) in [4.78, 5) is 23.4. The molecular formula is C27H30F2O8. The van der Waals surface area contributed by atoms with Crippen LogP contribution in [0.4, 0.5) is 8.78 Å². The minimum Gasteiger partial charge on any atom is -0.491 e. The van der Waals surface area contributed by atoms with Crippen molar-refractivity contribution in [1.82, 2.24) is 0 Å². The van der Waals surface area contributed by atoms with Crippen molar-refractivity contribution in [2.45, 2.75) is 26.1 Å². The molecule has 0 saturated heterocycles. The zero-order chi connectivity index (χ0) is 26.9. The van der Waals surface area contributed by atoms with E-state index < -0.39 is 35.8 Å². The van der Waals surface area contributed by atoms with Gasteiger partial charge in [-0.3, -0.25) is 0 Å². The molecule has 2 atom stereocenters. The van der Waals surface area contributed by atoms with E-state index in [1.54, 1.807) is 13.8 Å². The highest BCUT2D eigenvalue weighted by Gasteiger charge is 2.13. The zero-order valence-corrected chi connectivity index (χ0v) is 20.6. The van der Waals surface area contributed by atoms with Gasteiger partial charge in [-0.15, -0.1) is 0 Å². The van der Waals surface area contributed by atoms with Gasteiger partial charge >= 0.3 is 11.9 Å². The average Bonchev–Trinajstić information content (AvgIpc) is 2.88. The monoisotopic (exact) mass is 520 g/mol. The number of carbonyl (C=O) groups excluding carboxylic acids is 2.